The van der Waals surface area contributed by atoms with Crippen molar-refractivity contribution in [3.8, 4) is 66.9 Å². The molecule has 7 aromatic carbocycles. The topological polar surface area (TPSA) is 30.2 Å². The Morgan fingerprint density at radius 1 is 0.479 bits per heavy atom. The van der Waals surface area contributed by atoms with Crippen LogP contribution in [0.2, 0.25) is 0 Å². The Labute approximate surface area is 428 Å². The highest BCUT2D eigenvalue weighted by Crippen LogP contribution is 2.63. The number of rotatable bonds is 5. The van der Waals surface area contributed by atoms with E-state index in [9.17, 15) is 0 Å². The molecule has 3 nitrogen and oxygen atoms in total. The molecule has 11 aromatic rings. The summed E-state index contributed by atoms with van der Waals surface area (Å²) in [6.07, 6.45) is 11.2. The van der Waals surface area contributed by atoms with Crippen molar-refractivity contribution in [2.45, 2.75) is 102 Å². The van der Waals surface area contributed by atoms with Gasteiger partial charge in [0.2, 0.25) is 0 Å². The fourth-order valence-corrected chi connectivity index (χ4v) is 16.3. The molecule has 17 rings (SSSR count). The SMILES string of the molecule is CC(C)c1c(-c2c(-c3ccccc3)cc(-c3ccccc3)cc2-c2ccccc2)ncc2c1c1c3c(cc4c5c6c(ncc5n2c41)C1CC2CC(C1)CC6C2)-c1cc2c(cc1C3(C)C)-c1ccccc1C2(C)C. The highest BCUT2D eigenvalue weighted by atomic mass is 14.9. The fraction of sp³-hybridized carbons (Fsp3) is 0.257. The van der Waals surface area contributed by atoms with Gasteiger partial charge in [-0.2, -0.15) is 0 Å². The molecule has 0 radical (unpaired) electrons. The summed E-state index contributed by atoms with van der Waals surface area (Å²) in [6.45, 7) is 14.7. The zero-order chi connectivity index (χ0) is 48.8. The second kappa shape index (κ2) is 14.7. The van der Waals surface area contributed by atoms with E-state index in [0.717, 1.165) is 17.5 Å². The van der Waals surface area contributed by atoms with Gasteiger partial charge in [-0.05, 0) is 175 Å². The van der Waals surface area contributed by atoms with Crippen LogP contribution in [0.4, 0.5) is 0 Å². The Bertz CT molecular complexity index is 4080. The Kier molecular flexibility index (Phi) is 8.47. The van der Waals surface area contributed by atoms with Gasteiger partial charge in [0, 0.05) is 49.6 Å². The van der Waals surface area contributed by atoms with Crippen LogP contribution in [0.15, 0.2) is 158 Å². The lowest BCUT2D eigenvalue weighted by Crippen LogP contribution is -2.25. The first-order valence-electron chi connectivity index (χ1n) is 27.3. The molecule has 4 bridgehead atoms. The summed E-state index contributed by atoms with van der Waals surface area (Å²) in [5.74, 6) is 2.90. The van der Waals surface area contributed by atoms with Crippen LogP contribution < -0.4 is 0 Å². The predicted molar refractivity (Wildman–Crippen MR) is 303 cm³/mol. The smallest absolute Gasteiger partial charge is 0.0756 e. The van der Waals surface area contributed by atoms with E-state index in [2.05, 4.69) is 204 Å². The normalized spacial score (nSPS) is 20.5. The molecule has 0 aliphatic heterocycles. The Morgan fingerprint density at radius 3 is 1.70 bits per heavy atom. The van der Waals surface area contributed by atoms with Crippen LogP contribution in [0.5, 0.6) is 0 Å². The molecule has 73 heavy (non-hydrogen) atoms. The van der Waals surface area contributed by atoms with E-state index >= 15 is 0 Å². The molecule has 6 aliphatic carbocycles. The molecule has 2 saturated carbocycles. The molecule has 3 heteroatoms. The lowest BCUT2D eigenvalue weighted by molar-refractivity contribution is 0.165. The average molecular weight is 942 g/mol. The zero-order valence-corrected chi connectivity index (χ0v) is 42.8. The van der Waals surface area contributed by atoms with E-state index in [-0.39, 0.29) is 16.7 Å². The summed E-state index contributed by atoms with van der Waals surface area (Å²) < 4.78 is 2.65. The number of hydrogen-bond acceptors (Lipinski definition) is 2. The van der Waals surface area contributed by atoms with Crippen LogP contribution in [-0.4, -0.2) is 14.4 Å². The summed E-state index contributed by atoms with van der Waals surface area (Å²) in [5, 5.41) is 5.63. The third-order valence-corrected chi connectivity index (χ3v) is 19.2. The molecule has 4 heterocycles. The summed E-state index contributed by atoms with van der Waals surface area (Å²) in [5.41, 5.74) is 28.5. The number of hydrogen-bond donors (Lipinski definition) is 0. The minimum absolute atomic E-state index is 0.104. The zero-order valence-electron chi connectivity index (χ0n) is 42.8. The summed E-state index contributed by atoms with van der Waals surface area (Å²) >= 11 is 0. The Morgan fingerprint density at radius 2 is 1.04 bits per heavy atom. The largest absolute Gasteiger partial charge is 0.305 e. The van der Waals surface area contributed by atoms with Crippen molar-refractivity contribution in [2.75, 3.05) is 0 Å². The van der Waals surface area contributed by atoms with E-state index in [1.165, 1.54) is 165 Å². The van der Waals surface area contributed by atoms with Crippen molar-refractivity contribution in [3.05, 3.63) is 197 Å². The molecule has 0 amide bonds. The molecule has 0 N–H and O–H groups in total. The van der Waals surface area contributed by atoms with Crippen molar-refractivity contribution in [1.82, 2.24) is 14.4 Å². The minimum Gasteiger partial charge on any atom is -0.305 e. The first-order valence-corrected chi connectivity index (χ1v) is 27.3. The van der Waals surface area contributed by atoms with Crippen molar-refractivity contribution in [2.24, 2.45) is 11.8 Å². The monoisotopic (exact) mass is 941 g/mol. The van der Waals surface area contributed by atoms with Crippen LogP contribution in [-0.2, 0) is 10.8 Å². The van der Waals surface area contributed by atoms with Gasteiger partial charge in [-0.15, -0.1) is 0 Å². The van der Waals surface area contributed by atoms with Crippen LogP contribution in [0.1, 0.15) is 130 Å². The van der Waals surface area contributed by atoms with Gasteiger partial charge in [0.05, 0.1) is 34.6 Å². The van der Waals surface area contributed by atoms with Gasteiger partial charge >= 0.3 is 0 Å². The first-order chi connectivity index (χ1) is 35.5. The highest BCUT2D eigenvalue weighted by molar-refractivity contribution is 6.28. The third kappa shape index (κ3) is 5.56. The maximum absolute atomic E-state index is 5.85. The summed E-state index contributed by atoms with van der Waals surface area (Å²) in [4.78, 5) is 11.5. The maximum Gasteiger partial charge on any atom is 0.0756 e. The van der Waals surface area contributed by atoms with Gasteiger partial charge in [0.25, 0.3) is 0 Å². The second-order valence-electron chi connectivity index (χ2n) is 24.2. The average Bonchev–Trinajstić information content (AvgIpc) is 4.19. The van der Waals surface area contributed by atoms with E-state index in [1.54, 1.807) is 5.56 Å². The lowest BCUT2D eigenvalue weighted by Gasteiger charge is -2.38. The molecular weight excluding hydrogens is 883 g/mol. The molecule has 6 aliphatic rings. The van der Waals surface area contributed by atoms with Crippen LogP contribution >= 0.6 is 0 Å². The van der Waals surface area contributed by atoms with Gasteiger partial charge in [-0.25, -0.2) is 0 Å². The van der Waals surface area contributed by atoms with Crippen LogP contribution in [0.3, 0.4) is 0 Å². The van der Waals surface area contributed by atoms with Gasteiger partial charge in [0.1, 0.15) is 0 Å². The fourth-order valence-electron chi connectivity index (χ4n) is 16.3. The van der Waals surface area contributed by atoms with Gasteiger partial charge < -0.3 is 4.40 Å². The molecular formula is C70H59N3. The van der Waals surface area contributed by atoms with Gasteiger partial charge in [0.15, 0.2) is 0 Å². The lowest BCUT2D eigenvalue weighted by atomic mass is 9.67. The molecule has 4 aromatic heterocycles. The summed E-state index contributed by atoms with van der Waals surface area (Å²) in [6, 6.07) is 54.9. The van der Waals surface area contributed by atoms with Crippen molar-refractivity contribution in [3.63, 3.8) is 0 Å². The molecule has 2 unspecified atom stereocenters. The van der Waals surface area contributed by atoms with Crippen molar-refractivity contribution in [1.29, 1.82) is 0 Å². The Balaban J connectivity index is 1.07. The third-order valence-electron chi connectivity index (χ3n) is 19.2. The van der Waals surface area contributed by atoms with E-state index in [1.807, 2.05) is 0 Å². The maximum atomic E-state index is 5.85. The summed E-state index contributed by atoms with van der Waals surface area (Å²) in [7, 11) is 0. The van der Waals surface area contributed by atoms with Crippen molar-refractivity contribution >= 4 is 38.1 Å². The number of nitrogens with zero attached hydrogens (tertiary/aromatic N) is 3. The highest BCUT2D eigenvalue weighted by Gasteiger charge is 2.47. The molecule has 0 saturated heterocycles. The van der Waals surface area contributed by atoms with E-state index < -0.39 is 0 Å². The van der Waals surface area contributed by atoms with Gasteiger partial charge in [-0.1, -0.05) is 157 Å². The number of benzene rings is 7. The predicted octanol–water partition coefficient (Wildman–Crippen LogP) is 18.4. The van der Waals surface area contributed by atoms with Gasteiger partial charge in [-0.3, -0.25) is 9.97 Å². The second-order valence-corrected chi connectivity index (χ2v) is 24.2. The molecule has 2 atom stereocenters. The van der Waals surface area contributed by atoms with Crippen LogP contribution in [0, 0.1) is 11.8 Å². The standard InChI is InChI=1S/C70H59N3/c1-38(2)59-63-58(37-72-67(59)61-48(42-20-12-8-13-21-42)31-44(41-18-10-7-11-19-41)32-49(61)43-22-14-9-15-23-43)73-57-36-71-66-46-29-39-26-40(30-46)28-45(27-39)60(66)62(57)53-33-52-51-35-55-50(47-24-16-17-25-54(47)69(55,3)4)34-56(51)70(5,6)65(52)64(63)68(53)73/h7-25,31-40,45-46H,26-30H2,1-6H3. The van der Waals surface area contributed by atoms with E-state index in [0.29, 0.717) is 11.8 Å². The number of pyridine rings is 2. The van der Waals surface area contributed by atoms with E-state index in [4.69, 9.17) is 9.97 Å². The Hall–Kier alpha value is -7.36. The number of fused-ring (bicyclic) bond motifs is 13. The van der Waals surface area contributed by atoms with Crippen molar-refractivity contribution < 1.29 is 0 Å². The first kappa shape index (κ1) is 42.2. The minimum atomic E-state index is -0.291. The van der Waals surface area contributed by atoms with Crippen LogP contribution in [0.25, 0.3) is 105 Å². The number of aromatic nitrogens is 3. The quantitative estimate of drug-likeness (QED) is 0.172. The molecule has 0 spiro atoms. The molecule has 354 valence electrons. The molecule has 2 fully saturated rings.